The van der Waals surface area contributed by atoms with E-state index in [1.807, 2.05) is 0 Å². The Bertz CT molecular complexity index is 488. The summed E-state index contributed by atoms with van der Waals surface area (Å²) in [5, 5.41) is 12.7. The second-order valence-corrected chi connectivity index (χ2v) is 6.10. The maximum Gasteiger partial charge on any atom is 0.273 e. The SMILES string of the molecule is CC(C)Cc1nnc(S(N)(=O)=O)n1C1CC1. The van der Waals surface area contributed by atoms with Crippen LogP contribution in [-0.4, -0.2) is 23.2 Å². The van der Waals surface area contributed by atoms with E-state index in [9.17, 15) is 8.42 Å². The Balaban J connectivity index is 2.44. The highest BCUT2D eigenvalue weighted by Crippen LogP contribution is 2.37. The van der Waals surface area contributed by atoms with Crippen molar-refractivity contribution in [3.63, 3.8) is 0 Å². The Morgan fingerprint density at radius 3 is 2.50 bits per heavy atom. The fourth-order valence-electron chi connectivity index (χ4n) is 1.71. The van der Waals surface area contributed by atoms with Crippen LogP contribution in [0, 0.1) is 5.92 Å². The van der Waals surface area contributed by atoms with E-state index in [-0.39, 0.29) is 11.2 Å². The molecule has 2 N–H and O–H groups in total. The van der Waals surface area contributed by atoms with Gasteiger partial charge in [-0.2, -0.15) is 0 Å². The average molecular weight is 244 g/mol. The second kappa shape index (κ2) is 3.81. The molecule has 0 aliphatic heterocycles. The topological polar surface area (TPSA) is 90.9 Å². The molecule has 0 radical (unpaired) electrons. The highest BCUT2D eigenvalue weighted by molar-refractivity contribution is 7.89. The molecule has 7 heteroatoms. The number of rotatable bonds is 4. The molecule has 6 nitrogen and oxygen atoms in total. The van der Waals surface area contributed by atoms with Crippen molar-refractivity contribution in [3.05, 3.63) is 5.82 Å². The molecule has 0 saturated heterocycles. The number of sulfonamides is 1. The van der Waals surface area contributed by atoms with E-state index in [1.165, 1.54) is 0 Å². The molecular formula is C9H16N4O2S. The normalized spacial score (nSPS) is 17.0. The Kier molecular flexibility index (Phi) is 2.75. The highest BCUT2D eigenvalue weighted by Gasteiger charge is 2.33. The van der Waals surface area contributed by atoms with Gasteiger partial charge in [-0.1, -0.05) is 13.8 Å². The van der Waals surface area contributed by atoms with Gasteiger partial charge in [0.15, 0.2) is 0 Å². The maximum absolute atomic E-state index is 11.3. The molecule has 1 aromatic heterocycles. The van der Waals surface area contributed by atoms with Crippen molar-refractivity contribution >= 4 is 10.0 Å². The van der Waals surface area contributed by atoms with Crippen LogP contribution in [0.3, 0.4) is 0 Å². The first-order valence-corrected chi connectivity index (χ1v) is 6.91. The zero-order valence-corrected chi connectivity index (χ0v) is 10.2. The lowest BCUT2D eigenvalue weighted by Gasteiger charge is -2.08. The number of hydrogen-bond donors (Lipinski definition) is 1. The lowest BCUT2D eigenvalue weighted by atomic mass is 10.1. The lowest BCUT2D eigenvalue weighted by Crippen LogP contribution is -2.19. The van der Waals surface area contributed by atoms with Crippen LogP contribution >= 0.6 is 0 Å². The van der Waals surface area contributed by atoms with Gasteiger partial charge in [-0.25, -0.2) is 13.6 Å². The first kappa shape index (κ1) is 11.5. The quantitative estimate of drug-likeness (QED) is 0.833. The number of nitrogens with zero attached hydrogens (tertiary/aromatic N) is 3. The first-order chi connectivity index (χ1) is 7.39. The van der Waals surface area contributed by atoms with Gasteiger partial charge in [0.25, 0.3) is 15.2 Å². The van der Waals surface area contributed by atoms with Crippen molar-refractivity contribution in [1.29, 1.82) is 0 Å². The number of aromatic nitrogens is 3. The van der Waals surface area contributed by atoms with Gasteiger partial charge in [0.1, 0.15) is 5.82 Å². The van der Waals surface area contributed by atoms with E-state index in [4.69, 9.17) is 5.14 Å². The number of hydrogen-bond acceptors (Lipinski definition) is 4. The Morgan fingerprint density at radius 1 is 1.44 bits per heavy atom. The molecule has 2 rings (SSSR count). The van der Waals surface area contributed by atoms with Gasteiger partial charge in [-0.15, -0.1) is 10.2 Å². The third kappa shape index (κ3) is 2.25. The molecule has 90 valence electrons. The van der Waals surface area contributed by atoms with Crippen molar-refractivity contribution in [2.24, 2.45) is 11.1 Å². The standard InChI is InChI=1S/C9H16N4O2S/c1-6(2)5-8-11-12-9(16(10,14)15)13(8)7-3-4-7/h6-7H,3-5H2,1-2H3,(H2,10,14,15). The van der Waals surface area contributed by atoms with Gasteiger partial charge in [-0.3, -0.25) is 4.57 Å². The van der Waals surface area contributed by atoms with Gasteiger partial charge >= 0.3 is 0 Å². The molecule has 16 heavy (non-hydrogen) atoms. The molecule has 0 bridgehead atoms. The fourth-order valence-corrected chi connectivity index (χ4v) is 2.39. The van der Waals surface area contributed by atoms with Crippen LogP contribution in [0.2, 0.25) is 0 Å². The molecule has 0 amide bonds. The van der Waals surface area contributed by atoms with Gasteiger partial charge < -0.3 is 0 Å². The molecule has 0 spiro atoms. The van der Waals surface area contributed by atoms with E-state index >= 15 is 0 Å². The third-order valence-corrected chi connectivity index (χ3v) is 3.28. The van der Waals surface area contributed by atoms with E-state index in [0.717, 1.165) is 25.1 Å². The summed E-state index contributed by atoms with van der Waals surface area (Å²) in [6, 6.07) is 0.220. The molecule has 0 atom stereocenters. The summed E-state index contributed by atoms with van der Waals surface area (Å²) < 4.78 is 24.4. The molecule has 0 aromatic carbocycles. The Labute approximate surface area is 94.9 Å². The monoisotopic (exact) mass is 244 g/mol. The zero-order valence-electron chi connectivity index (χ0n) is 9.42. The summed E-state index contributed by atoms with van der Waals surface area (Å²) in [4.78, 5) is 0. The summed E-state index contributed by atoms with van der Waals surface area (Å²) in [7, 11) is -3.76. The lowest BCUT2D eigenvalue weighted by molar-refractivity contribution is 0.538. The summed E-state index contributed by atoms with van der Waals surface area (Å²) in [5.74, 6) is 1.14. The summed E-state index contributed by atoms with van der Waals surface area (Å²) >= 11 is 0. The largest absolute Gasteiger partial charge is 0.298 e. The van der Waals surface area contributed by atoms with Crippen LogP contribution in [0.15, 0.2) is 5.16 Å². The zero-order chi connectivity index (χ0) is 11.9. The van der Waals surface area contributed by atoms with Crippen molar-refractivity contribution in [2.45, 2.75) is 44.3 Å². The molecular weight excluding hydrogens is 228 g/mol. The molecule has 1 heterocycles. The highest BCUT2D eigenvalue weighted by atomic mass is 32.2. The molecule has 1 aliphatic rings. The third-order valence-electron chi connectivity index (χ3n) is 2.49. The van der Waals surface area contributed by atoms with Gasteiger partial charge in [0.05, 0.1) is 0 Å². The van der Waals surface area contributed by atoms with Crippen LogP contribution in [0.4, 0.5) is 0 Å². The minimum Gasteiger partial charge on any atom is -0.298 e. The van der Waals surface area contributed by atoms with E-state index in [2.05, 4.69) is 24.0 Å². The second-order valence-electron chi connectivity index (χ2n) is 4.64. The van der Waals surface area contributed by atoms with Crippen LogP contribution in [0.1, 0.15) is 38.6 Å². The van der Waals surface area contributed by atoms with E-state index in [0.29, 0.717) is 5.92 Å². The molecule has 1 fully saturated rings. The van der Waals surface area contributed by atoms with E-state index < -0.39 is 10.0 Å². The van der Waals surface area contributed by atoms with Crippen LogP contribution in [0.25, 0.3) is 0 Å². The molecule has 1 aliphatic carbocycles. The summed E-state index contributed by atoms with van der Waals surface area (Å²) in [5.41, 5.74) is 0. The predicted molar refractivity (Wildman–Crippen MR) is 58.2 cm³/mol. The maximum atomic E-state index is 11.3. The van der Waals surface area contributed by atoms with Crippen molar-refractivity contribution < 1.29 is 8.42 Å². The number of primary sulfonamides is 1. The van der Waals surface area contributed by atoms with Crippen LogP contribution in [0.5, 0.6) is 0 Å². The molecule has 0 unspecified atom stereocenters. The first-order valence-electron chi connectivity index (χ1n) is 5.36. The average Bonchev–Trinajstić information content (AvgIpc) is 2.86. The Hall–Kier alpha value is -0.950. The minimum absolute atomic E-state index is 0.0920. The van der Waals surface area contributed by atoms with Crippen LogP contribution in [-0.2, 0) is 16.4 Å². The molecule has 1 aromatic rings. The summed E-state index contributed by atoms with van der Waals surface area (Å²) in [6.45, 7) is 4.12. The van der Waals surface area contributed by atoms with Crippen LogP contribution < -0.4 is 5.14 Å². The Morgan fingerprint density at radius 2 is 2.06 bits per heavy atom. The van der Waals surface area contributed by atoms with Crippen molar-refractivity contribution in [2.75, 3.05) is 0 Å². The fraction of sp³-hybridized carbons (Fsp3) is 0.778. The minimum atomic E-state index is -3.76. The van der Waals surface area contributed by atoms with Gasteiger partial charge in [0, 0.05) is 12.5 Å². The van der Waals surface area contributed by atoms with Crippen molar-refractivity contribution in [1.82, 2.24) is 14.8 Å². The van der Waals surface area contributed by atoms with Crippen molar-refractivity contribution in [3.8, 4) is 0 Å². The molecule has 1 saturated carbocycles. The summed E-state index contributed by atoms with van der Waals surface area (Å²) in [6.07, 6.45) is 2.68. The van der Waals surface area contributed by atoms with E-state index in [1.54, 1.807) is 4.57 Å². The van der Waals surface area contributed by atoms with Gasteiger partial charge in [-0.05, 0) is 18.8 Å². The predicted octanol–water partition coefficient (Wildman–Crippen LogP) is 0.459. The van der Waals surface area contributed by atoms with Gasteiger partial charge in [0.2, 0.25) is 0 Å². The number of nitrogens with two attached hydrogens (primary N) is 1. The smallest absolute Gasteiger partial charge is 0.273 e.